The number of amides is 1. The summed E-state index contributed by atoms with van der Waals surface area (Å²) in [6, 6.07) is 6.71. The highest BCUT2D eigenvalue weighted by atomic mass is 16.6. The number of anilines is 1. The molecule has 110 valence electrons. The van der Waals surface area contributed by atoms with Gasteiger partial charge in [0.15, 0.2) is 12.0 Å². The van der Waals surface area contributed by atoms with Crippen molar-refractivity contribution >= 4 is 17.6 Å². The molecule has 1 N–H and O–H groups in total. The minimum Gasteiger partial charge on any atom is -0.430 e. The zero-order valence-electron chi connectivity index (χ0n) is 12.5. The lowest BCUT2D eigenvalue weighted by molar-refractivity contribution is 0.0114. The maximum absolute atomic E-state index is 11.8. The molecule has 0 bridgehead atoms. The summed E-state index contributed by atoms with van der Waals surface area (Å²) in [6.07, 6.45) is -0.776. The van der Waals surface area contributed by atoms with Gasteiger partial charge < -0.3 is 4.74 Å². The van der Waals surface area contributed by atoms with Crippen molar-refractivity contribution in [3.63, 3.8) is 0 Å². The van der Waals surface area contributed by atoms with Crippen LogP contribution >= 0.6 is 0 Å². The maximum atomic E-state index is 11.8. The number of hydrogen-bond donors (Lipinski definition) is 1. The molecule has 5 nitrogen and oxygen atoms in total. The van der Waals surface area contributed by atoms with Crippen molar-refractivity contribution in [3.8, 4) is 0 Å². The second-order valence-electron chi connectivity index (χ2n) is 4.48. The number of ketones is 1. The number of carbonyl (C=O) groups is 2. The molecule has 0 aliphatic carbocycles. The molecule has 0 aliphatic rings. The normalized spacial score (nSPS) is 12.1. The Morgan fingerprint density at radius 3 is 2.20 bits per heavy atom. The Labute approximate surface area is 119 Å². The summed E-state index contributed by atoms with van der Waals surface area (Å²) in [6.45, 7) is 9.01. The smallest absolute Gasteiger partial charge is 0.413 e. The second kappa shape index (κ2) is 7.65. The van der Waals surface area contributed by atoms with Gasteiger partial charge in [0.2, 0.25) is 0 Å². The first-order chi connectivity index (χ1) is 9.47. The Morgan fingerprint density at radius 1 is 1.20 bits per heavy atom. The molecular formula is C15H22N2O3. The lowest BCUT2D eigenvalue weighted by atomic mass is 10.1. The average molecular weight is 278 g/mol. The van der Waals surface area contributed by atoms with E-state index in [0.717, 1.165) is 13.1 Å². The van der Waals surface area contributed by atoms with Crippen molar-refractivity contribution in [2.75, 3.05) is 18.4 Å². The molecule has 1 aromatic carbocycles. The molecule has 20 heavy (non-hydrogen) atoms. The predicted molar refractivity (Wildman–Crippen MR) is 78.9 cm³/mol. The molecule has 1 aromatic rings. The second-order valence-corrected chi connectivity index (χ2v) is 4.48. The molecule has 0 radical (unpaired) electrons. The molecule has 1 atom stereocenters. The van der Waals surface area contributed by atoms with Crippen LogP contribution in [0.25, 0.3) is 0 Å². The van der Waals surface area contributed by atoms with Crippen LogP contribution < -0.4 is 5.32 Å². The standard InChI is InChI=1S/C15H22N2O3/c1-5-17(6-2)12(4)20-15(19)16-14-9-7-13(8-10-14)11(3)18/h7-10,12H,5-6H2,1-4H3,(H,16,19). The third-order valence-electron chi connectivity index (χ3n) is 3.14. The van der Waals surface area contributed by atoms with Gasteiger partial charge in [-0.25, -0.2) is 4.79 Å². The molecule has 5 heteroatoms. The van der Waals surface area contributed by atoms with Crippen LogP contribution in [-0.4, -0.2) is 36.1 Å². The molecule has 0 spiro atoms. The van der Waals surface area contributed by atoms with E-state index < -0.39 is 6.09 Å². The van der Waals surface area contributed by atoms with Crippen LogP contribution in [0.1, 0.15) is 38.1 Å². The van der Waals surface area contributed by atoms with Crippen LogP contribution in [0.15, 0.2) is 24.3 Å². The highest BCUT2D eigenvalue weighted by Crippen LogP contribution is 2.11. The van der Waals surface area contributed by atoms with Crippen molar-refractivity contribution in [1.29, 1.82) is 0 Å². The molecule has 1 amide bonds. The monoisotopic (exact) mass is 278 g/mol. The van der Waals surface area contributed by atoms with Gasteiger partial charge in [0.25, 0.3) is 0 Å². The highest BCUT2D eigenvalue weighted by molar-refractivity contribution is 5.94. The van der Waals surface area contributed by atoms with Gasteiger partial charge in [-0.3, -0.25) is 15.0 Å². The van der Waals surface area contributed by atoms with Gasteiger partial charge in [-0.15, -0.1) is 0 Å². The summed E-state index contributed by atoms with van der Waals surface area (Å²) in [4.78, 5) is 24.9. The van der Waals surface area contributed by atoms with E-state index in [1.54, 1.807) is 24.3 Å². The van der Waals surface area contributed by atoms with Crippen LogP contribution in [0.5, 0.6) is 0 Å². The molecule has 1 rings (SSSR count). The first-order valence-electron chi connectivity index (χ1n) is 6.80. The molecule has 0 heterocycles. The van der Waals surface area contributed by atoms with Crippen LogP contribution in [0.2, 0.25) is 0 Å². The van der Waals surface area contributed by atoms with E-state index in [2.05, 4.69) is 5.32 Å². The fourth-order valence-electron chi connectivity index (χ4n) is 1.90. The fraction of sp³-hybridized carbons (Fsp3) is 0.467. The summed E-state index contributed by atoms with van der Waals surface area (Å²) in [7, 11) is 0. The summed E-state index contributed by atoms with van der Waals surface area (Å²) in [5.74, 6) is -0.00529. The molecular weight excluding hydrogens is 256 g/mol. The number of hydrogen-bond acceptors (Lipinski definition) is 4. The average Bonchev–Trinajstić information content (AvgIpc) is 2.40. The van der Waals surface area contributed by atoms with Crippen molar-refractivity contribution in [3.05, 3.63) is 29.8 Å². The van der Waals surface area contributed by atoms with E-state index in [4.69, 9.17) is 4.74 Å². The predicted octanol–water partition coefficient (Wildman–Crippen LogP) is 3.13. The molecule has 1 unspecified atom stereocenters. The van der Waals surface area contributed by atoms with Crippen molar-refractivity contribution in [1.82, 2.24) is 4.90 Å². The van der Waals surface area contributed by atoms with Gasteiger partial charge in [0.1, 0.15) is 0 Å². The lowest BCUT2D eigenvalue weighted by Gasteiger charge is -2.25. The van der Waals surface area contributed by atoms with Gasteiger partial charge in [0.05, 0.1) is 0 Å². The van der Waals surface area contributed by atoms with E-state index in [9.17, 15) is 9.59 Å². The number of nitrogens with zero attached hydrogens (tertiary/aromatic N) is 1. The third kappa shape index (κ3) is 4.66. The van der Waals surface area contributed by atoms with E-state index in [1.165, 1.54) is 6.92 Å². The molecule has 0 fully saturated rings. The van der Waals surface area contributed by atoms with Crippen molar-refractivity contribution in [2.45, 2.75) is 33.9 Å². The van der Waals surface area contributed by atoms with E-state index in [1.807, 2.05) is 25.7 Å². The number of rotatable bonds is 6. The largest absolute Gasteiger partial charge is 0.430 e. The Balaban J connectivity index is 2.55. The number of Topliss-reactive ketones (excluding diaryl/α,β-unsaturated/α-hetero) is 1. The minimum atomic E-state index is -0.500. The number of nitrogens with one attached hydrogen (secondary N) is 1. The van der Waals surface area contributed by atoms with Gasteiger partial charge >= 0.3 is 6.09 Å². The number of benzene rings is 1. The van der Waals surface area contributed by atoms with Gasteiger partial charge in [-0.1, -0.05) is 13.8 Å². The Morgan fingerprint density at radius 2 is 1.75 bits per heavy atom. The summed E-state index contributed by atoms with van der Waals surface area (Å²) in [5.41, 5.74) is 1.21. The lowest BCUT2D eigenvalue weighted by Crippen LogP contribution is -2.37. The summed E-state index contributed by atoms with van der Waals surface area (Å²) >= 11 is 0. The SMILES string of the molecule is CCN(CC)C(C)OC(=O)Nc1ccc(C(C)=O)cc1. The molecule has 0 saturated carbocycles. The van der Waals surface area contributed by atoms with Crippen molar-refractivity contribution in [2.24, 2.45) is 0 Å². The maximum Gasteiger partial charge on any atom is 0.413 e. The Hall–Kier alpha value is -1.88. The van der Waals surface area contributed by atoms with Gasteiger partial charge in [-0.05, 0) is 51.2 Å². The third-order valence-corrected chi connectivity index (χ3v) is 3.14. The Kier molecular flexibility index (Phi) is 6.18. The van der Waals surface area contributed by atoms with Gasteiger partial charge in [-0.2, -0.15) is 0 Å². The summed E-state index contributed by atoms with van der Waals surface area (Å²) < 4.78 is 5.28. The quantitative estimate of drug-likeness (QED) is 0.641. The molecule has 0 aromatic heterocycles. The summed E-state index contributed by atoms with van der Waals surface area (Å²) in [5, 5.41) is 2.64. The first-order valence-corrected chi connectivity index (χ1v) is 6.80. The number of carbonyl (C=O) groups excluding carboxylic acids is 2. The van der Waals surface area contributed by atoms with Crippen molar-refractivity contribution < 1.29 is 14.3 Å². The van der Waals surface area contributed by atoms with Gasteiger partial charge in [0, 0.05) is 11.3 Å². The first kappa shape index (κ1) is 16.2. The zero-order chi connectivity index (χ0) is 15.1. The number of ether oxygens (including phenoxy) is 1. The van der Waals surface area contributed by atoms with Crippen LogP contribution in [0.4, 0.5) is 10.5 Å². The molecule has 0 saturated heterocycles. The van der Waals surface area contributed by atoms with Crippen LogP contribution in [-0.2, 0) is 4.74 Å². The van der Waals surface area contributed by atoms with E-state index in [-0.39, 0.29) is 12.0 Å². The highest BCUT2D eigenvalue weighted by Gasteiger charge is 2.14. The topological polar surface area (TPSA) is 58.6 Å². The fourth-order valence-corrected chi connectivity index (χ4v) is 1.90. The zero-order valence-corrected chi connectivity index (χ0v) is 12.5. The van der Waals surface area contributed by atoms with Crippen LogP contribution in [0, 0.1) is 0 Å². The minimum absolute atomic E-state index is 0.00529. The Bertz CT molecular complexity index is 453. The molecule has 0 aliphatic heterocycles. The van der Waals surface area contributed by atoms with E-state index >= 15 is 0 Å². The van der Waals surface area contributed by atoms with Crippen LogP contribution in [0.3, 0.4) is 0 Å². The van der Waals surface area contributed by atoms with E-state index in [0.29, 0.717) is 11.3 Å².